The second kappa shape index (κ2) is 7.42. The summed E-state index contributed by atoms with van der Waals surface area (Å²) >= 11 is 0. The van der Waals surface area contributed by atoms with E-state index in [-0.39, 0.29) is 5.56 Å². The van der Waals surface area contributed by atoms with Crippen LogP contribution in [0.3, 0.4) is 0 Å². The number of hydrogen-bond acceptors (Lipinski definition) is 7. The van der Waals surface area contributed by atoms with E-state index in [0.717, 1.165) is 6.07 Å². The van der Waals surface area contributed by atoms with Gasteiger partial charge in [-0.1, -0.05) is 13.8 Å². The normalized spacial score (nSPS) is 11.9. The molecule has 1 unspecified atom stereocenters. The van der Waals surface area contributed by atoms with Gasteiger partial charge in [-0.3, -0.25) is 20.2 Å². The van der Waals surface area contributed by atoms with Crippen LogP contribution in [-0.2, 0) is 4.74 Å². The minimum Gasteiger partial charge on any atom is -0.387 e. The molecule has 1 atom stereocenters. The van der Waals surface area contributed by atoms with Gasteiger partial charge in [-0.15, -0.1) is 0 Å². The maximum Gasteiger partial charge on any atom is 0.518 e. The smallest absolute Gasteiger partial charge is 0.387 e. The van der Waals surface area contributed by atoms with Crippen LogP contribution < -0.4 is 4.74 Å². The van der Waals surface area contributed by atoms with E-state index in [1.807, 2.05) is 0 Å². The van der Waals surface area contributed by atoms with E-state index < -0.39 is 45.7 Å². The van der Waals surface area contributed by atoms with Crippen LogP contribution in [-0.4, -0.2) is 22.6 Å². The molecule has 1 aromatic rings. The SMILES string of the molecule is CCC(C)c1cc([N+](=O)[O-])cc([N+](=O)[O-])c1OC(=O)OC(F)F. The number of carbonyl (C=O) groups is 1. The van der Waals surface area contributed by atoms with E-state index >= 15 is 0 Å². The summed E-state index contributed by atoms with van der Waals surface area (Å²) in [7, 11) is 0. The first-order valence-electron chi connectivity index (χ1n) is 6.30. The van der Waals surface area contributed by atoms with Gasteiger partial charge in [0.25, 0.3) is 5.69 Å². The zero-order chi connectivity index (χ0) is 17.7. The summed E-state index contributed by atoms with van der Waals surface area (Å²) in [6.45, 7) is -0.198. The first-order chi connectivity index (χ1) is 10.7. The Bertz CT molecular complexity index is 636. The number of non-ortho nitro benzene ring substituents is 1. The lowest BCUT2D eigenvalue weighted by Crippen LogP contribution is -2.16. The molecule has 1 aromatic carbocycles. The number of nitrogens with zero attached hydrogens (tertiary/aromatic N) is 2. The third kappa shape index (κ3) is 4.56. The van der Waals surface area contributed by atoms with Crippen molar-refractivity contribution in [3.05, 3.63) is 37.9 Å². The molecule has 0 radical (unpaired) electrons. The minimum atomic E-state index is -3.47. The molecular formula is C12H12F2N2O7. The predicted octanol–water partition coefficient (Wildman–Crippen LogP) is 3.75. The third-order valence-electron chi connectivity index (χ3n) is 3.00. The lowest BCUT2D eigenvalue weighted by Gasteiger charge is -2.14. The Labute approximate surface area is 128 Å². The number of alkyl halides is 2. The predicted molar refractivity (Wildman–Crippen MR) is 71.6 cm³/mol. The molecule has 0 amide bonds. The molecule has 0 N–H and O–H groups in total. The van der Waals surface area contributed by atoms with Gasteiger partial charge in [-0.2, -0.15) is 8.78 Å². The van der Waals surface area contributed by atoms with Crippen LogP contribution >= 0.6 is 0 Å². The Hall–Kier alpha value is -2.85. The molecular weight excluding hydrogens is 322 g/mol. The lowest BCUT2D eigenvalue weighted by atomic mass is 9.96. The Morgan fingerprint density at radius 1 is 1.26 bits per heavy atom. The highest BCUT2D eigenvalue weighted by atomic mass is 19.3. The topological polar surface area (TPSA) is 122 Å². The fourth-order valence-electron chi connectivity index (χ4n) is 1.74. The van der Waals surface area contributed by atoms with Crippen molar-refractivity contribution in [2.24, 2.45) is 0 Å². The molecule has 0 aliphatic heterocycles. The first-order valence-corrected chi connectivity index (χ1v) is 6.30. The maximum absolute atomic E-state index is 12.0. The summed E-state index contributed by atoms with van der Waals surface area (Å²) in [6.07, 6.45) is -1.44. The van der Waals surface area contributed by atoms with Crippen LogP contribution in [0.15, 0.2) is 12.1 Å². The van der Waals surface area contributed by atoms with Gasteiger partial charge in [-0.05, 0) is 12.3 Å². The monoisotopic (exact) mass is 334 g/mol. The molecule has 0 spiro atoms. The largest absolute Gasteiger partial charge is 0.518 e. The number of carbonyl (C=O) groups excluding carboxylic acids is 1. The molecule has 1 rings (SSSR count). The van der Waals surface area contributed by atoms with E-state index in [1.165, 1.54) is 0 Å². The van der Waals surface area contributed by atoms with Gasteiger partial charge >= 0.3 is 18.5 Å². The molecule has 11 heteroatoms. The van der Waals surface area contributed by atoms with Crippen molar-refractivity contribution in [2.75, 3.05) is 0 Å². The lowest BCUT2D eigenvalue weighted by molar-refractivity contribution is -0.394. The number of nitro benzene ring substituents is 2. The van der Waals surface area contributed by atoms with Crippen molar-refractivity contribution >= 4 is 17.5 Å². The number of halogens is 2. The van der Waals surface area contributed by atoms with Gasteiger partial charge in [0, 0.05) is 11.6 Å². The van der Waals surface area contributed by atoms with Gasteiger partial charge in [0.1, 0.15) is 0 Å². The van der Waals surface area contributed by atoms with Gasteiger partial charge in [0.15, 0.2) is 0 Å². The molecule has 0 saturated heterocycles. The average Bonchev–Trinajstić information content (AvgIpc) is 2.44. The standard InChI is InChI=1S/C12H12F2N2O7/c1-3-6(2)8-4-7(15(18)19)5-9(16(20)21)10(8)22-12(17)23-11(13)14/h4-6,11H,3H2,1-2H3. The van der Waals surface area contributed by atoms with Crippen LogP contribution in [0.25, 0.3) is 0 Å². The number of rotatable bonds is 6. The molecule has 126 valence electrons. The maximum atomic E-state index is 12.0. The zero-order valence-electron chi connectivity index (χ0n) is 12.0. The van der Waals surface area contributed by atoms with E-state index in [4.69, 9.17) is 0 Å². The summed E-state index contributed by atoms with van der Waals surface area (Å²) < 4.78 is 32.0. The van der Waals surface area contributed by atoms with Crippen LogP contribution in [0.1, 0.15) is 31.7 Å². The second-order valence-electron chi connectivity index (χ2n) is 4.44. The van der Waals surface area contributed by atoms with Crippen molar-refractivity contribution in [2.45, 2.75) is 32.8 Å². The Morgan fingerprint density at radius 2 is 1.87 bits per heavy atom. The van der Waals surface area contributed by atoms with Gasteiger partial charge in [0.05, 0.1) is 15.9 Å². The van der Waals surface area contributed by atoms with Crippen LogP contribution in [0.5, 0.6) is 5.75 Å². The molecule has 0 heterocycles. The molecule has 0 aromatic heterocycles. The summed E-state index contributed by atoms with van der Waals surface area (Å²) in [6, 6.07) is 1.57. The third-order valence-corrected chi connectivity index (χ3v) is 3.00. The number of ether oxygens (including phenoxy) is 2. The van der Waals surface area contributed by atoms with E-state index in [2.05, 4.69) is 9.47 Å². The zero-order valence-corrected chi connectivity index (χ0v) is 12.0. The highest BCUT2D eigenvalue weighted by Crippen LogP contribution is 2.40. The van der Waals surface area contributed by atoms with Gasteiger partial charge in [0.2, 0.25) is 5.75 Å². The molecule has 0 aliphatic rings. The van der Waals surface area contributed by atoms with Crippen LogP contribution in [0.2, 0.25) is 0 Å². The highest BCUT2D eigenvalue weighted by Gasteiger charge is 2.30. The fourth-order valence-corrected chi connectivity index (χ4v) is 1.74. The van der Waals surface area contributed by atoms with Crippen molar-refractivity contribution < 1.29 is 32.9 Å². The number of nitro groups is 2. The summed E-state index contributed by atoms with van der Waals surface area (Å²) in [5.74, 6) is -1.12. The second-order valence-corrected chi connectivity index (χ2v) is 4.44. The summed E-state index contributed by atoms with van der Waals surface area (Å²) in [5.41, 5.74) is -1.50. The van der Waals surface area contributed by atoms with Gasteiger partial charge in [-0.25, -0.2) is 4.79 Å². The van der Waals surface area contributed by atoms with Crippen LogP contribution in [0, 0.1) is 20.2 Å². The first kappa shape index (κ1) is 18.2. The summed E-state index contributed by atoms with van der Waals surface area (Å²) in [4.78, 5) is 31.3. The molecule has 9 nitrogen and oxygen atoms in total. The Morgan fingerprint density at radius 3 is 2.30 bits per heavy atom. The van der Waals surface area contributed by atoms with Crippen molar-refractivity contribution in [1.82, 2.24) is 0 Å². The number of hydrogen-bond donors (Lipinski definition) is 0. The molecule has 0 saturated carbocycles. The minimum absolute atomic E-state index is 0.0281. The Balaban J connectivity index is 3.46. The number of benzene rings is 1. The highest BCUT2D eigenvalue weighted by molar-refractivity contribution is 5.70. The van der Waals surface area contributed by atoms with E-state index in [1.54, 1.807) is 13.8 Å². The van der Waals surface area contributed by atoms with Gasteiger partial charge < -0.3 is 9.47 Å². The average molecular weight is 334 g/mol. The molecule has 23 heavy (non-hydrogen) atoms. The molecule has 0 fully saturated rings. The van der Waals surface area contributed by atoms with E-state index in [0.29, 0.717) is 12.5 Å². The summed E-state index contributed by atoms with van der Waals surface area (Å²) in [5, 5.41) is 21.9. The molecule has 0 aliphatic carbocycles. The van der Waals surface area contributed by atoms with Crippen molar-refractivity contribution in [1.29, 1.82) is 0 Å². The van der Waals surface area contributed by atoms with Crippen LogP contribution in [0.4, 0.5) is 25.0 Å². The quantitative estimate of drug-likeness (QED) is 0.336. The van der Waals surface area contributed by atoms with Crippen molar-refractivity contribution in [3.8, 4) is 5.75 Å². The van der Waals surface area contributed by atoms with Crippen molar-refractivity contribution in [3.63, 3.8) is 0 Å². The Kier molecular flexibility index (Phi) is 5.87. The molecule has 0 bridgehead atoms. The fraction of sp³-hybridized carbons (Fsp3) is 0.417. The van der Waals surface area contributed by atoms with E-state index in [9.17, 15) is 33.8 Å².